The van der Waals surface area contributed by atoms with Gasteiger partial charge in [0.05, 0.1) is 11.5 Å². The lowest BCUT2D eigenvalue weighted by Gasteiger charge is -2.41. The Morgan fingerprint density at radius 2 is 1.96 bits per heavy atom. The van der Waals surface area contributed by atoms with Gasteiger partial charge in [0.15, 0.2) is 0 Å². The number of nitrogens with zero attached hydrogens (tertiary/aromatic N) is 1. The summed E-state index contributed by atoms with van der Waals surface area (Å²) < 4.78 is 27.2. The number of carbonyl (C=O) groups excluding carboxylic acids is 1. The molecule has 0 unspecified atom stereocenters. The molecule has 2 aromatic rings. The van der Waals surface area contributed by atoms with E-state index in [1.54, 1.807) is 24.5 Å². The van der Waals surface area contributed by atoms with Crippen molar-refractivity contribution in [2.24, 2.45) is 0 Å². The third-order valence-electron chi connectivity index (χ3n) is 4.64. The van der Waals surface area contributed by atoms with Gasteiger partial charge in [0, 0.05) is 30.6 Å². The zero-order valence-corrected chi connectivity index (χ0v) is 13.0. The fraction of sp³-hybridized carbons (Fsp3) is 0.333. The lowest BCUT2D eigenvalue weighted by Crippen LogP contribution is -2.50. The first kappa shape index (κ1) is 16.5. The van der Waals surface area contributed by atoms with Crippen LogP contribution >= 0.6 is 0 Å². The van der Waals surface area contributed by atoms with E-state index >= 15 is 0 Å². The highest BCUT2D eigenvalue weighted by Gasteiger charge is 2.47. The summed E-state index contributed by atoms with van der Waals surface area (Å²) in [5, 5.41) is 12.8. The molecule has 1 heterocycles. The van der Waals surface area contributed by atoms with E-state index in [2.05, 4.69) is 10.3 Å². The normalized spacial score (nSPS) is 17.0. The van der Waals surface area contributed by atoms with Crippen LogP contribution in [-0.4, -0.2) is 22.5 Å². The van der Waals surface area contributed by atoms with E-state index < -0.39 is 23.2 Å². The van der Waals surface area contributed by atoms with Gasteiger partial charge < -0.3 is 10.4 Å². The van der Waals surface area contributed by atoms with Gasteiger partial charge in [-0.05, 0) is 36.6 Å². The number of aromatic nitrogens is 1. The molecule has 0 radical (unpaired) electrons. The Balaban J connectivity index is 1.73. The maximum absolute atomic E-state index is 14.1. The SMILES string of the molecule is O=C(NC[C@@H](O)c1ccncc1)C1(c2ccc(F)cc2F)CCC1. The van der Waals surface area contributed by atoms with Crippen molar-refractivity contribution >= 4 is 5.91 Å². The molecule has 1 aliphatic carbocycles. The van der Waals surface area contributed by atoms with Crippen LogP contribution in [-0.2, 0) is 10.2 Å². The van der Waals surface area contributed by atoms with Gasteiger partial charge in [-0.15, -0.1) is 0 Å². The molecule has 1 atom stereocenters. The smallest absolute Gasteiger partial charge is 0.230 e. The van der Waals surface area contributed by atoms with Crippen LogP contribution in [0.2, 0.25) is 0 Å². The highest BCUT2D eigenvalue weighted by Crippen LogP contribution is 2.45. The summed E-state index contributed by atoms with van der Waals surface area (Å²) in [7, 11) is 0. The topological polar surface area (TPSA) is 62.2 Å². The van der Waals surface area contributed by atoms with Crippen LogP contribution in [0.4, 0.5) is 8.78 Å². The zero-order valence-electron chi connectivity index (χ0n) is 13.0. The molecule has 1 amide bonds. The highest BCUT2D eigenvalue weighted by atomic mass is 19.1. The van der Waals surface area contributed by atoms with Crippen LogP contribution in [0.5, 0.6) is 0 Å². The Labute approximate surface area is 138 Å². The fourth-order valence-corrected chi connectivity index (χ4v) is 3.09. The molecule has 0 saturated heterocycles. The number of aliphatic hydroxyl groups excluding tert-OH is 1. The molecule has 24 heavy (non-hydrogen) atoms. The molecule has 0 aliphatic heterocycles. The fourth-order valence-electron chi connectivity index (χ4n) is 3.09. The number of halogens is 2. The van der Waals surface area contributed by atoms with Gasteiger partial charge in [-0.3, -0.25) is 9.78 Å². The monoisotopic (exact) mass is 332 g/mol. The van der Waals surface area contributed by atoms with Crippen molar-refractivity contribution in [3.8, 4) is 0 Å². The Kier molecular flexibility index (Phi) is 4.57. The summed E-state index contributed by atoms with van der Waals surface area (Å²) in [6.07, 6.45) is 4.06. The van der Waals surface area contributed by atoms with Crippen molar-refractivity contribution in [3.05, 3.63) is 65.5 Å². The number of amides is 1. The summed E-state index contributed by atoms with van der Waals surface area (Å²) in [5.41, 5.74) is -0.123. The molecule has 1 aliphatic rings. The van der Waals surface area contributed by atoms with E-state index in [4.69, 9.17) is 0 Å². The average molecular weight is 332 g/mol. The van der Waals surface area contributed by atoms with Gasteiger partial charge in [-0.2, -0.15) is 0 Å². The second-order valence-electron chi connectivity index (χ2n) is 6.07. The standard InChI is InChI=1S/C18H18F2N2O2/c19-13-2-3-14(15(20)10-13)18(6-1-7-18)17(24)22-11-16(23)12-4-8-21-9-5-12/h2-5,8-10,16,23H,1,6-7,11H2,(H,22,24)/t16-/m1/s1. The summed E-state index contributed by atoms with van der Waals surface area (Å²) >= 11 is 0. The van der Waals surface area contributed by atoms with Gasteiger partial charge in [-0.25, -0.2) is 8.78 Å². The Morgan fingerprint density at radius 1 is 1.25 bits per heavy atom. The van der Waals surface area contributed by atoms with Crippen LogP contribution < -0.4 is 5.32 Å². The van der Waals surface area contributed by atoms with Crippen LogP contribution in [0, 0.1) is 11.6 Å². The number of nitrogens with one attached hydrogen (secondary N) is 1. The van der Waals surface area contributed by atoms with E-state index in [0.29, 0.717) is 18.4 Å². The predicted molar refractivity (Wildman–Crippen MR) is 84.1 cm³/mol. The number of hydrogen-bond acceptors (Lipinski definition) is 3. The number of aliphatic hydroxyl groups is 1. The lowest BCUT2D eigenvalue weighted by atomic mass is 9.63. The molecule has 0 bridgehead atoms. The minimum Gasteiger partial charge on any atom is -0.387 e. The van der Waals surface area contributed by atoms with Crippen molar-refractivity contribution in [1.29, 1.82) is 0 Å². The summed E-state index contributed by atoms with van der Waals surface area (Å²) in [6, 6.07) is 6.62. The summed E-state index contributed by atoms with van der Waals surface area (Å²) in [4.78, 5) is 16.5. The lowest BCUT2D eigenvalue weighted by molar-refractivity contribution is -0.130. The van der Waals surface area contributed by atoms with Crippen LogP contribution in [0.3, 0.4) is 0 Å². The van der Waals surface area contributed by atoms with Crippen LogP contribution in [0.1, 0.15) is 36.5 Å². The predicted octanol–water partition coefficient (Wildman–Crippen LogP) is 2.63. The average Bonchev–Trinajstić information content (AvgIpc) is 2.54. The van der Waals surface area contributed by atoms with E-state index in [9.17, 15) is 18.7 Å². The number of hydrogen-bond donors (Lipinski definition) is 2. The molecule has 0 spiro atoms. The number of pyridine rings is 1. The quantitative estimate of drug-likeness (QED) is 0.885. The maximum atomic E-state index is 14.1. The number of carbonyl (C=O) groups is 1. The second kappa shape index (κ2) is 6.65. The van der Waals surface area contributed by atoms with Crippen molar-refractivity contribution < 1.29 is 18.7 Å². The van der Waals surface area contributed by atoms with Gasteiger partial charge in [-0.1, -0.05) is 12.5 Å². The molecule has 1 saturated carbocycles. The van der Waals surface area contributed by atoms with Crippen molar-refractivity contribution in [2.45, 2.75) is 30.8 Å². The molecule has 1 aromatic heterocycles. The molecular formula is C18H18F2N2O2. The largest absolute Gasteiger partial charge is 0.387 e. The van der Waals surface area contributed by atoms with E-state index in [1.165, 1.54) is 6.07 Å². The molecule has 1 fully saturated rings. The van der Waals surface area contributed by atoms with Crippen LogP contribution in [0.25, 0.3) is 0 Å². The molecule has 6 heteroatoms. The first-order chi connectivity index (χ1) is 11.5. The molecule has 126 valence electrons. The first-order valence-electron chi connectivity index (χ1n) is 7.85. The van der Waals surface area contributed by atoms with Crippen molar-refractivity contribution in [2.75, 3.05) is 6.54 Å². The van der Waals surface area contributed by atoms with Crippen molar-refractivity contribution in [3.63, 3.8) is 0 Å². The summed E-state index contributed by atoms with van der Waals surface area (Å²) in [5.74, 6) is -1.72. The van der Waals surface area contributed by atoms with E-state index in [0.717, 1.165) is 18.6 Å². The molecule has 3 rings (SSSR count). The number of benzene rings is 1. The van der Waals surface area contributed by atoms with Crippen molar-refractivity contribution in [1.82, 2.24) is 10.3 Å². The zero-order chi connectivity index (χ0) is 17.2. The maximum Gasteiger partial charge on any atom is 0.230 e. The van der Waals surface area contributed by atoms with Gasteiger partial charge in [0.1, 0.15) is 11.6 Å². The third kappa shape index (κ3) is 3.01. The molecule has 2 N–H and O–H groups in total. The molecule has 1 aromatic carbocycles. The molecule has 4 nitrogen and oxygen atoms in total. The highest BCUT2D eigenvalue weighted by molar-refractivity contribution is 5.89. The van der Waals surface area contributed by atoms with Crippen LogP contribution in [0.15, 0.2) is 42.7 Å². The Bertz CT molecular complexity index is 733. The third-order valence-corrected chi connectivity index (χ3v) is 4.64. The minimum absolute atomic E-state index is 0.0212. The van der Waals surface area contributed by atoms with E-state index in [1.807, 2.05) is 0 Å². The Morgan fingerprint density at radius 3 is 2.54 bits per heavy atom. The Hall–Kier alpha value is -2.34. The minimum atomic E-state index is -0.976. The van der Waals surface area contributed by atoms with E-state index in [-0.39, 0.29) is 18.0 Å². The summed E-state index contributed by atoms with van der Waals surface area (Å²) in [6.45, 7) is 0.0212. The van der Waals surface area contributed by atoms with Gasteiger partial charge >= 0.3 is 0 Å². The molecular weight excluding hydrogens is 314 g/mol. The van der Waals surface area contributed by atoms with Gasteiger partial charge in [0.2, 0.25) is 5.91 Å². The first-order valence-corrected chi connectivity index (χ1v) is 7.85. The number of rotatable bonds is 5. The van der Waals surface area contributed by atoms with Gasteiger partial charge in [0.25, 0.3) is 0 Å². The second-order valence-corrected chi connectivity index (χ2v) is 6.07.